The molecular formula is C34H47NO7. The third-order valence-corrected chi connectivity index (χ3v) is 8.48. The Hall–Kier alpha value is -3.10. The van der Waals surface area contributed by atoms with E-state index in [0.29, 0.717) is 41.9 Å². The van der Waals surface area contributed by atoms with Gasteiger partial charge >= 0.3 is 5.97 Å². The first-order chi connectivity index (χ1) is 19.8. The number of allylic oxidation sites excluding steroid dienone is 5. The zero-order valence-electron chi connectivity index (χ0n) is 26.1. The number of Topliss-reactive ketones (excluding diaryl/α,β-unsaturated/α-hetero) is 1. The predicted molar refractivity (Wildman–Crippen MR) is 161 cm³/mol. The fraction of sp³-hybridized carbons (Fsp3) is 0.588. The molecule has 3 rings (SSSR count). The molecule has 0 radical (unpaired) electrons. The maximum Gasteiger partial charge on any atom is 0.303 e. The van der Waals surface area contributed by atoms with Crippen LogP contribution in [0.4, 0.5) is 0 Å². The normalized spacial score (nSPS) is 33.6. The van der Waals surface area contributed by atoms with Crippen LogP contribution in [-0.4, -0.2) is 54.0 Å². The van der Waals surface area contributed by atoms with E-state index in [1.807, 2.05) is 39.8 Å². The number of ketones is 2. The molecule has 1 fully saturated rings. The lowest BCUT2D eigenvalue weighted by atomic mass is 9.82. The number of amides is 1. The third-order valence-electron chi connectivity index (χ3n) is 8.48. The van der Waals surface area contributed by atoms with E-state index in [1.54, 1.807) is 26.2 Å². The minimum absolute atomic E-state index is 0.0166. The second-order valence-corrected chi connectivity index (χ2v) is 12.3. The minimum Gasteiger partial charge on any atom is -0.457 e. The largest absolute Gasteiger partial charge is 0.457 e. The Morgan fingerprint density at radius 3 is 2.40 bits per heavy atom. The number of rotatable bonds is 5. The Kier molecular flexibility index (Phi) is 11.8. The Labute approximate surface area is 250 Å². The smallest absolute Gasteiger partial charge is 0.303 e. The summed E-state index contributed by atoms with van der Waals surface area (Å²) in [5, 5.41) is 13.9. The van der Waals surface area contributed by atoms with Gasteiger partial charge in [0.1, 0.15) is 6.10 Å². The monoisotopic (exact) mass is 581 g/mol. The van der Waals surface area contributed by atoms with Gasteiger partial charge < -0.3 is 19.9 Å². The summed E-state index contributed by atoms with van der Waals surface area (Å²) in [5.41, 5.74) is 2.11. The van der Waals surface area contributed by atoms with Crippen LogP contribution in [0, 0.1) is 23.7 Å². The SMILES string of the molecule is CO[C@H]1C[C@H](C)CC2=C(CCC3CC3)C(=O)C=C(NC(=O)/C(C)=C/C=C\[C@H](C)[C@@H](OC(C)=O)/C(C)=C/[C@H](C)[C@H]1O)C2=O. The van der Waals surface area contributed by atoms with Crippen LogP contribution < -0.4 is 5.32 Å². The van der Waals surface area contributed by atoms with Crippen molar-refractivity contribution >= 4 is 23.4 Å². The van der Waals surface area contributed by atoms with E-state index in [0.717, 1.165) is 24.8 Å². The van der Waals surface area contributed by atoms with E-state index in [4.69, 9.17) is 9.47 Å². The van der Waals surface area contributed by atoms with Crippen molar-refractivity contribution in [1.29, 1.82) is 0 Å². The first kappa shape index (κ1) is 33.4. The highest BCUT2D eigenvalue weighted by Gasteiger charge is 2.33. The molecule has 1 aliphatic heterocycles. The van der Waals surface area contributed by atoms with Gasteiger partial charge in [0.15, 0.2) is 5.78 Å². The number of hydrogen-bond donors (Lipinski definition) is 2. The van der Waals surface area contributed by atoms with Crippen molar-refractivity contribution in [2.24, 2.45) is 23.7 Å². The zero-order chi connectivity index (χ0) is 31.1. The highest BCUT2D eigenvalue weighted by molar-refractivity contribution is 6.23. The summed E-state index contributed by atoms with van der Waals surface area (Å²) < 4.78 is 11.4. The molecular weight excluding hydrogens is 534 g/mol. The molecule has 0 spiro atoms. The Morgan fingerprint density at radius 1 is 1.10 bits per heavy atom. The van der Waals surface area contributed by atoms with Gasteiger partial charge in [-0.1, -0.05) is 57.9 Å². The second-order valence-electron chi connectivity index (χ2n) is 12.3. The molecule has 1 saturated carbocycles. The molecule has 0 aromatic heterocycles. The summed E-state index contributed by atoms with van der Waals surface area (Å²) in [6.45, 7) is 10.6. The van der Waals surface area contributed by atoms with Gasteiger partial charge in [-0.25, -0.2) is 0 Å². The van der Waals surface area contributed by atoms with Crippen molar-refractivity contribution in [1.82, 2.24) is 5.32 Å². The topological polar surface area (TPSA) is 119 Å². The second kappa shape index (κ2) is 14.9. The number of aliphatic hydroxyl groups excluding tert-OH is 1. The van der Waals surface area contributed by atoms with Crippen molar-refractivity contribution in [2.45, 2.75) is 98.4 Å². The standard InChI is InChI=1S/C34H47NO7/c1-19-15-27-26(14-13-25-11-12-25)29(37)18-28(32(27)39)35-34(40)21(3)10-8-9-20(2)33(42-24(6)36)23(5)17-22(4)31(38)30(16-19)41-7/h8-10,17-20,22,25,30-31,33,38H,11-16H2,1-7H3,(H,35,40)/b9-8-,21-10+,23-17+/t19-,20+,22+,30+,31-,33-/m1/s1. The van der Waals surface area contributed by atoms with Crippen LogP contribution in [0.5, 0.6) is 0 Å². The number of aliphatic hydroxyl groups is 1. The molecule has 3 aliphatic rings. The predicted octanol–water partition coefficient (Wildman–Crippen LogP) is 5.08. The van der Waals surface area contributed by atoms with Gasteiger partial charge in [0.2, 0.25) is 5.78 Å². The summed E-state index contributed by atoms with van der Waals surface area (Å²) in [6.07, 6.45) is 10.9. The molecule has 0 aromatic carbocycles. The molecule has 8 nitrogen and oxygen atoms in total. The van der Waals surface area contributed by atoms with Crippen LogP contribution in [0.15, 0.2) is 58.4 Å². The first-order valence-corrected chi connectivity index (χ1v) is 15.1. The molecule has 0 aromatic rings. The van der Waals surface area contributed by atoms with E-state index in [2.05, 4.69) is 5.32 Å². The molecule has 1 heterocycles. The summed E-state index contributed by atoms with van der Waals surface area (Å²) in [4.78, 5) is 51.9. The average molecular weight is 582 g/mol. The summed E-state index contributed by atoms with van der Waals surface area (Å²) in [5.74, 6) is -1.51. The maximum absolute atomic E-state index is 13.7. The van der Waals surface area contributed by atoms with Gasteiger partial charge in [-0.2, -0.15) is 0 Å². The van der Waals surface area contributed by atoms with Crippen LogP contribution in [-0.2, 0) is 28.7 Å². The Balaban J connectivity index is 2.02. The lowest BCUT2D eigenvalue weighted by Crippen LogP contribution is -2.36. The maximum atomic E-state index is 13.7. The molecule has 2 bridgehead atoms. The van der Waals surface area contributed by atoms with Crippen molar-refractivity contribution in [2.75, 3.05) is 7.11 Å². The van der Waals surface area contributed by atoms with E-state index in [-0.39, 0.29) is 35.0 Å². The number of ether oxygens (including phenoxy) is 2. The fourth-order valence-corrected chi connectivity index (χ4v) is 5.79. The van der Waals surface area contributed by atoms with Gasteiger partial charge in [0.25, 0.3) is 5.91 Å². The van der Waals surface area contributed by atoms with Crippen LogP contribution in [0.2, 0.25) is 0 Å². The first-order valence-electron chi connectivity index (χ1n) is 15.1. The third kappa shape index (κ3) is 8.95. The van der Waals surface area contributed by atoms with Crippen molar-refractivity contribution in [3.05, 3.63) is 58.4 Å². The van der Waals surface area contributed by atoms with Crippen LogP contribution in [0.1, 0.15) is 80.1 Å². The highest BCUT2D eigenvalue weighted by Crippen LogP contribution is 2.37. The number of carbonyl (C=O) groups is 4. The van der Waals surface area contributed by atoms with Crippen molar-refractivity contribution in [3.63, 3.8) is 0 Å². The van der Waals surface area contributed by atoms with Crippen molar-refractivity contribution in [3.8, 4) is 0 Å². The lowest BCUT2D eigenvalue weighted by molar-refractivity contribution is -0.146. The van der Waals surface area contributed by atoms with Crippen LogP contribution in [0.25, 0.3) is 0 Å². The Morgan fingerprint density at radius 2 is 1.79 bits per heavy atom. The van der Waals surface area contributed by atoms with Crippen LogP contribution >= 0.6 is 0 Å². The number of methoxy groups -OCH3 is 1. The molecule has 230 valence electrons. The molecule has 0 unspecified atom stereocenters. The molecule has 2 N–H and O–H groups in total. The van der Waals surface area contributed by atoms with E-state index < -0.39 is 30.2 Å². The molecule has 8 heteroatoms. The fourth-order valence-electron chi connectivity index (χ4n) is 5.79. The zero-order valence-corrected chi connectivity index (χ0v) is 26.1. The molecule has 2 aliphatic carbocycles. The minimum atomic E-state index is -0.856. The quantitative estimate of drug-likeness (QED) is 0.264. The van der Waals surface area contributed by atoms with Gasteiger partial charge in [-0.15, -0.1) is 0 Å². The average Bonchev–Trinajstić information content (AvgIpc) is 3.75. The Bertz CT molecular complexity index is 1220. The number of nitrogens with one attached hydrogen (secondary N) is 1. The van der Waals surface area contributed by atoms with E-state index in [1.165, 1.54) is 13.0 Å². The summed E-state index contributed by atoms with van der Waals surface area (Å²) >= 11 is 0. The van der Waals surface area contributed by atoms with E-state index >= 15 is 0 Å². The lowest BCUT2D eigenvalue weighted by Gasteiger charge is -2.30. The van der Waals surface area contributed by atoms with Crippen LogP contribution in [0.3, 0.4) is 0 Å². The molecule has 0 saturated heterocycles. The van der Waals surface area contributed by atoms with Gasteiger partial charge in [0.05, 0.1) is 17.9 Å². The van der Waals surface area contributed by atoms with Gasteiger partial charge in [0, 0.05) is 48.7 Å². The summed E-state index contributed by atoms with van der Waals surface area (Å²) in [6, 6.07) is 0. The summed E-state index contributed by atoms with van der Waals surface area (Å²) in [7, 11) is 1.55. The molecule has 1 amide bonds. The molecule has 6 atom stereocenters. The highest BCUT2D eigenvalue weighted by atomic mass is 16.5. The number of hydrogen-bond acceptors (Lipinski definition) is 7. The van der Waals surface area contributed by atoms with Gasteiger partial charge in [-0.05, 0) is 56.9 Å². The van der Waals surface area contributed by atoms with E-state index in [9.17, 15) is 24.3 Å². The number of fused-ring (bicyclic) bond motifs is 2. The molecule has 42 heavy (non-hydrogen) atoms. The van der Waals surface area contributed by atoms with Gasteiger partial charge in [-0.3, -0.25) is 19.2 Å². The van der Waals surface area contributed by atoms with Crippen molar-refractivity contribution < 1.29 is 33.8 Å². The number of carbonyl (C=O) groups excluding carboxylic acids is 4. The number of esters is 1.